The first-order valence-corrected chi connectivity index (χ1v) is 6.07. The highest BCUT2D eigenvalue weighted by Crippen LogP contribution is 2.25. The molecule has 0 aliphatic heterocycles. The fourth-order valence-corrected chi connectivity index (χ4v) is 2.30. The minimum atomic E-state index is -4.33. The second-order valence-corrected chi connectivity index (χ2v) is 5.38. The summed E-state index contributed by atoms with van der Waals surface area (Å²) in [6, 6.07) is 0.525. The summed E-state index contributed by atoms with van der Waals surface area (Å²) >= 11 is 5.30. The van der Waals surface area contributed by atoms with E-state index in [1.807, 2.05) is 0 Å². The number of hydrogen-bond acceptors (Lipinski definition) is 3. The lowest BCUT2D eigenvalue weighted by molar-refractivity contribution is 0.145. The molecular formula is C6H3Cl2F2NO3S. The molecular weight excluding hydrogens is 275 g/mol. The first-order valence-electron chi connectivity index (χ1n) is 3.39. The monoisotopic (exact) mass is 277 g/mol. The van der Waals surface area contributed by atoms with Crippen LogP contribution in [0.1, 0.15) is 12.1 Å². The van der Waals surface area contributed by atoms with Crippen LogP contribution in [0.25, 0.3) is 0 Å². The van der Waals surface area contributed by atoms with E-state index in [1.165, 1.54) is 0 Å². The Morgan fingerprint density at radius 3 is 2.33 bits per heavy atom. The Hall–Kier alpha value is -0.660. The van der Waals surface area contributed by atoms with E-state index in [9.17, 15) is 22.0 Å². The van der Waals surface area contributed by atoms with Crippen LogP contribution in [0.2, 0.25) is 5.02 Å². The van der Waals surface area contributed by atoms with Crippen LogP contribution in [-0.2, 0) is 9.05 Å². The molecule has 1 heterocycles. The van der Waals surface area contributed by atoms with Crippen LogP contribution in [0.5, 0.6) is 0 Å². The summed E-state index contributed by atoms with van der Waals surface area (Å²) in [5.74, 6) is 0. The van der Waals surface area contributed by atoms with Crippen LogP contribution in [0, 0.1) is 0 Å². The van der Waals surface area contributed by atoms with Crippen molar-refractivity contribution in [3.63, 3.8) is 0 Å². The average molecular weight is 278 g/mol. The molecule has 0 bridgehead atoms. The highest BCUT2D eigenvalue weighted by Gasteiger charge is 2.21. The van der Waals surface area contributed by atoms with Gasteiger partial charge in [0, 0.05) is 10.7 Å². The molecule has 0 amide bonds. The molecule has 0 saturated heterocycles. The molecule has 0 fully saturated rings. The second-order valence-electron chi connectivity index (χ2n) is 2.47. The summed E-state index contributed by atoms with van der Waals surface area (Å²) in [5, 5.41) is -0.741. The number of rotatable bonds is 2. The zero-order valence-electron chi connectivity index (χ0n) is 6.80. The minimum Gasteiger partial charge on any atom is -0.320 e. The van der Waals surface area contributed by atoms with Crippen LogP contribution >= 0.6 is 22.3 Å². The van der Waals surface area contributed by atoms with E-state index in [2.05, 4.69) is 0 Å². The third-order valence-electron chi connectivity index (χ3n) is 1.46. The summed E-state index contributed by atoms with van der Waals surface area (Å²) in [4.78, 5) is 11.9. The van der Waals surface area contributed by atoms with E-state index >= 15 is 0 Å². The van der Waals surface area contributed by atoms with E-state index in [-0.39, 0.29) is 0 Å². The quantitative estimate of drug-likeness (QED) is 0.840. The maximum absolute atomic E-state index is 12.2. The van der Waals surface area contributed by atoms with Crippen molar-refractivity contribution in [2.45, 2.75) is 11.3 Å². The third-order valence-corrected chi connectivity index (χ3v) is 3.29. The molecule has 0 atom stereocenters. The number of halogens is 4. The summed E-state index contributed by atoms with van der Waals surface area (Å²) in [6.07, 6.45) is -3.02. The van der Waals surface area contributed by atoms with Gasteiger partial charge in [-0.1, -0.05) is 11.6 Å². The summed E-state index contributed by atoms with van der Waals surface area (Å²) in [6.45, 7) is 0. The van der Waals surface area contributed by atoms with Gasteiger partial charge >= 0.3 is 0 Å². The molecule has 0 spiro atoms. The van der Waals surface area contributed by atoms with Gasteiger partial charge in [0.2, 0.25) is 0 Å². The molecule has 0 aromatic carbocycles. The smallest absolute Gasteiger partial charge is 0.278 e. The van der Waals surface area contributed by atoms with Crippen molar-refractivity contribution in [1.29, 1.82) is 0 Å². The Labute approximate surface area is 92.2 Å². The van der Waals surface area contributed by atoms with Gasteiger partial charge in [0.15, 0.2) is 0 Å². The number of aromatic nitrogens is 1. The SMILES string of the molecule is O=c1[nH]c(C(F)F)cc(S(=O)(=O)Cl)c1Cl. The fourth-order valence-electron chi connectivity index (χ4n) is 0.834. The topological polar surface area (TPSA) is 67.0 Å². The van der Waals surface area contributed by atoms with Gasteiger partial charge in [-0.25, -0.2) is 17.2 Å². The Balaban J connectivity index is 3.60. The van der Waals surface area contributed by atoms with E-state index in [0.717, 1.165) is 0 Å². The Morgan fingerprint density at radius 2 is 1.93 bits per heavy atom. The molecule has 9 heteroatoms. The molecule has 84 valence electrons. The lowest BCUT2D eigenvalue weighted by Gasteiger charge is -2.03. The molecule has 0 radical (unpaired) electrons. The van der Waals surface area contributed by atoms with Crippen molar-refractivity contribution >= 4 is 31.3 Å². The van der Waals surface area contributed by atoms with Crippen molar-refractivity contribution in [2.24, 2.45) is 0 Å². The predicted molar refractivity (Wildman–Crippen MR) is 50.1 cm³/mol. The van der Waals surface area contributed by atoms with Crippen LogP contribution in [0.3, 0.4) is 0 Å². The number of nitrogens with one attached hydrogen (secondary N) is 1. The molecule has 1 rings (SSSR count). The average Bonchev–Trinajstić information content (AvgIpc) is 2.06. The summed E-state index contributed by atoms with van der Waals surface area (Å²) in [5.41, 5.74) is -1.99. The maximum atomic E-state index is 12.2. The molecule has 0 aliphatic carbocycles. The molecule has 1 N–H and O–H groups in total. The van der Waals surface area contributed by atoms with Crippen LogP contribution in [-0.4, -0.2) is 13.4 Å². The van der Waals surface area contributed by atoms with E-state index in [4.69, 9.17) is 22.3 Å². The first-order chi connectivity index (χ1) is 6.73. The summed E-state index contributed by atoms with van der Waals surface area (Å²) in [7, 11) is 0.577. The molecule has 0 saturated carbocycles. The maximum Gasteiger partial charge on any atom is 0.278 e. The van der Waals surface area contributed by atoms with E-state index in [0.29, 0.717) is 6.07 Å². The van der Waals surface area contributed by atoms with Gasteiger partial charge in [-0.2, -0.15) is 0 Å². The first kappa shape index (κ1) is 12.4. The number of H-pyrrole nitrogens is 1. The lowest BCUT2D eigenvalue weighted by atomic mass is 10.3. The van der Waals surface area contributed by atoms with Crippen molar-refractivity contribution in [2.75, 3.05) is 0 Å². The van der Waals surface area contributed by atoms with Gasteiger partial charge in [-0.05, 0) is 6.07 Å². The Morgan fingerprint density at radius 1 is 1.40 bits per heavy atom. The van der Waals surface area contributed by atoms with Gasteiger partial charge < -0.3 is 4.98 Å². The predicted octanol–water partition coefficient (Wildman–Crippen LogP) is 1.89. The second kappa shape index (κ2) is 4.07. The van der Waals surface area contributed by atoms with E-state index in [1.54, 1.807) is 4.98 Å². The Kier molecular flexibility index (Phi) is 3.37. The third kappa shape index (κ3) is 2.67. The Bertz CT molecular complexity index is 540. The van der Waals surface area contributed by atoms with Crippen molar-refractivity contribution in [3.8, 4) is 0 Å². The fraction of sp³-hybridized carbons (Fsp3) is 0.167. The number of aromatic amines is 1. The molecule has 1 aromatic heterocycles. The van der Waals surface area contributed by atoms with Crippen LogP contribution in [0.15, 0.2) is 15.8 Å². The number of pyridine rings is 1. The highest BCUT2D eigenvalue weighted by atomic mass is 35.7. The largest absolute Gasteiger partial charge is 0.320 e. The van der Waals surface area contributed by atoms with Gasteiger partial charge in [0.1, 0.15) is 9.92 Å². The molecule has 0 unspecified atom stereocenters. The minimum absolute atomic E-state index is 0.525. The van der Waals surface area contributed by atoms with Crippen LogP contribution < -0.4 is 5.56 Å². The van der Waals surface area contributed by atoms with Gasteiger partial charge in [0.05, 0.1) is 5.69 Å². The van der Waals surface area contributed by atoms with Gasteiger partial charge in [-0.3, -0.25) is 4.79 Å². The molecule has 15 heavy (non-hydrogen) atoms. The van der Waals surface area contributed by atoms with Crippen molar-refractivity contribution in [1.82, 2.24) is 4.98 Å². The zero-order chi connectivity index (χ0) is 11.8. The summed E-state index contributed by atoms with van der Waals surface area (Å²) < 4.78 is 46.1. The standard InChI is InChI=1S/C6H3Cl2F2NO3S/c7-4-3(15(8,13)14)1-2(5(9)10)11-6(4)12/h1,5H,(H,11,12). The van der Waals surface area contributed by atoms with Crippen LogP contribution in [0.4, 0.5) is 8.78 Å². The normalized spacial score (nSPS) is 12.1. The van der Waals surface area contributed by atoms with Gasteiger partial charge in [0.25, 0.3) is 21.0 Å². The number of alkyl halides is 2. The molecule has 4 nitrogen and oxygen atoms in total. The van der Waals surface area contributed by atoms with E-state index < -0.39 is 36.6 Å². The van der Waals surface area contributed by atoms with Crippen molar-refractivity contribution < 1.29 is 17.2 Å². The van der Waals surface area contributed by atoms with Crippen molar-refractivity contribution in [3.05, 3.63) is 27.1 Å². The number of hydrogen-bond donors (Lipinski definition) is 1. The molecule has 0 aliphatic rings. The van der Waals surface area contributed by atoms with Gasteiger partial charge in [-0.15, -0.1) is 0 Å². The highest BCUT2D eigenvalue weighted by molar-refractivity contribution is 8.13. The molecule has 1 aromatic rings. The zero-order valence-corrected chi connectivity index (χ0v) is 9.13. The lowest BCUT2D eigenvalue weighted by Crippen LogP contribution is -2.13.